The normalized spacial score (nSPS) is 16.4. The van der Waals surface area contributed by atoms with Gasteiger partial charge < -0.3 is 0 Å². The van der Waals surface area contributed by atoms with Gasteiger partial charge in [-0.1, -0.05) is 73.6 Å². The SMILES string of the molecule is CCCCCC(C)C(C)CC(C)(C)CC. The Morgan fingerprint density at radius 1 is 0.933 bits per heavy atom. The van der Waals surface area contributed by atoms with E-state index < -0.39 is 0 Å². The molecule has 0 aromatic carbocycles. The van der Waals surface area contributed by atoms with Crippen molar-refractivity contribution < 1.29 is 0 Å². The molecule has 0 bridgehead atoms. The van der Waals surface area contributed by atoms with Gasteiger partial charge in [-0.3, -0.25) is 0 Å². The lowest BCUT2D eigenvalue weighted by atomic mass is 9.76. The fraction of sp³-hybridized carbons (Fsp3) is 1.00. The summed E-state index contributed by atoms with van der Waals surface area (Å²) in [6, 6.07) is 0. The first-order valence-electron chi connectivity index (χ1n) is 6.93. The molecule has 0 fully saturated rings. The summed E-state index contributed by atoms with van der Waals surface area (Å²) in [6.07, 6.45) is 8.30. The highest BCUT2D eigenvalue weighted by Crippen LogP contribution is 2.33. The molecule has 0 aliphatic carbocycles. The predicted molar refractivity (Wildman–Crippen MR) is 71.2 cm³/mol. The van der Waals surface area contributed by atoms with E-state index in [-0.39, 0.29) is 0 Å². The monoisotopic (exact) mass is 212 g/mol. The average Bonchev–Trinajstić information content (AvgIpc) is 2.17. The topological polar surface area (TPSA) is 0 Å². The van der Waals surface area contributed by atoms with Gasteiger partial charge in [0.25, 0.3) is 0 Å². The van der Waals surface area contributed by atoms with Crippen LogP contribution < -0.4 is 0 Å². The van der Waals surface area contributed by atoms with E-state index in [4.69, 9.17) is 0 Å². The first-order chi connectivity index (χ1) is 6.93. The molecule has 0 rings (SSSR count). The zero-order valence-corrected chi connectivity index (χ0v) is 11.9. The summed E-state index contributed by atoms with van der Waals surface area (Å²) in [5.74, 6) is 1.79. The summed E-state index contributed by atoms with van der Waals surface area (Å²) in [7, 11) is 0. The molecule has 92 valence electrons. The van der Waals surface area contributed by atoms with Crippen molar-refractivity contribution in [3.05, 3.63) is 0 Å². The molecule has 0 saturated carbocycles. The van der Waals surface area contributed by atoms with E-state index in [0.29, 0.717) is 5.41 Å². The summed E-state index contributed by atoms with van der Waals surface area (Å²) in [5.41, 5.74) is 0.540. The zero-order chi connectivity index (χ0) is 11.9. The van der Waals surface area contributed by atoms with Crippen LogP contribution in [0.5, 0.6) is 0 Å². The van der Waals surface area contributed by atoms with Crippen LogP contribution in [-0.4, -0.2) is 0 Å². The van der Waals surface area contributed by atoms with Crippen LogP contribution in [0.2, 0.25) is 0 Å². The Morgan fingerprint density at radius 3 is 2.00 bits per heavy atom. The van der Waals surface area contributed by atoms with Crippen LogP contribution in [0.4, 0.5) is 0 Å². The Kier molecular flexibility index (Phi) is 7.30. The van der Waals surface area contributed by atoms with E-state index in [1.165, 1.54) is 38.5 Å². The third-order valence-electron chi connectivity index (χ3n) is 4.07. The van der Waals surface area contributed by atoms with Crippen LogP contribution in [0.15, 0.2) is 0 Å². The highest BCUT2D eigenvalue weighted by molar-refractivity contribution is 4.73. The van der Waals surface area contributed by atoms with Crippen molar-refractivity contribution in [1.29, 1.82) is 0 Å². The van der Waals surface area contributed by atoms with Gasteiger partial charge in [0, 0.05) is 0 Å². The fourth-order valence-electron chi connectivity index (χ4n) is 2.22. The van der Waals surface area contributed by atoms with Gasteiger partial charge in [-0.2, -0.15) is 0 Å². The summed E-state index contributed by atoms with van der Waals surface area (Å²) >= 11 is 0. The molecular formula is C15H32. The molecule has 0 N–H and O–H groups in total. The van der Waals surface area contributed by atoms with Gasteiger partial charge in [-0.25, -0.2) is 0 Å². The summed E-state index contributed by atoms with van der Waals surface area (Å²) in [4.78, 5) is 0. The van der Waals surface area contributed by atoms with Crippen molar-refractivity contribution in [1.82, 2.24) is 0 Å². The minimum atomic E-state index is 0.540. The fourth-order valence-corrected chi connectivity index (χ4v) is 2.22. The molecule has 0 spiro atoms. The van der Waals surface area contributed by atoms with Crippen molar-refractivity contribution in [2.75, 3.05) is 0 Å². The smallest absolute Gasteiger partial charge is 0.0354 e. The van der Waals surface area contributed by atoms with E-state index >= 15 is 0 Å². The van der Waals surface area contributed by atoms with Crippen molar-refractivity contribution in [2.24, 2.45) is 17.3 Å². The summed E-state index contributed by atoms with van der Waals surface area (Å²) in [6.45, 7) is 14.3. The van der Waals surface area contributed by atoms with E-state index in [1.54, 1.807) is 0 Å². The summed E-state index contributed by atoms with van der Waals surface area (Å²) in [5, 5.41) is 0. The number of hydrogen-bond acceptors (Lipinski definition) is 0. The molecule has 0 radical (unpaired) electrons. The second-order valence-corrected chi connectivity index (χ2v) is 6.17. The van der Waals surface area contributed by atoms with Crippen molar-refractivity contribution in [3.8, 4) is 0 Å². The second kappa shape index (κ2) is 7.30. The van der Waals surface area contributed by atoms with Crippen LogP contribution >= 0.6 is 0 Å². The lowest BCUT2D eigenvalue weighted by Gasteiger charge is -2.30. The molecule has 2 atom stereocenters. The number of hydrogen-bond donors (Lipinski definition) is 0. The first-order valence-corrected chi connectivity index (χ1v) is 6.93. The third-order valence-corrected chi connectivity index (χ3v) is 4.07. The minimum absolute atomic E-state index is 0.540. The molecule has 0 saturated heterocycles. The molecular weight excluding hydrogens is 180 g/mol. The van der Waals surface area contributed by atoms with Crippen molar-refractivity contribution in [3.63, 3.8) is 0 Å². The minimum Gasteiger partial charge on any atom is -0.0654 e. The van der Waals surface area contributed by atoms with Crippen LogP contribution in [0.3, 0.4) is 0 Å². The standard InChI is InChI=1S/C15H32/c1-7-9-10-11-13(3)14(4)12-15(5,6)8-2/h13-14H,7-12H2,1-6H3. The average molecular weight is 212 g/mol. The second-order valence-electron chi connectivity index (χ2n) is 6.17. The predicted octanol–water partition coefficient (Wildman–Crippen LogP) is 5.67. The first kappa shape index (κ1) is 15.0. The van der Waals surface area contributed by atoms with Gasteiger partial charge in [0.15, 0.2) is 0 Å². The van der Waals surface area contributed by atoms with Gasteiger partial charge >= 0.3 is 0 Å². The molecule has 2 unspecified atom stereocenters. The lowest BCUT2D eigenvalue weighted by Crippen LogP contribution is -2.19. The van der Waals surface area contributed by atoms with Crippen LogP contribution in [-0.2, 0) is 0 Å². The van der Waals surface area contributed by atoms with Crippen molar-refractivity contribution in [2.45, 2.75) is 80.1 Å². The number of rotatable bonds is 8. The number of unbranched alkanes of at least 4 members (excludes halogenated alkanes) is 2. The summed E-state index contributed by atoms with van der Waals surface area (Å²) < 4.78 is 0. The molecule has 0 heteroatoms. The quantitative estimate of drug-likeness (QED) is 0.455. The van der Waals surface area contributed by atoms with Crippen molar-refractivity contribution >= 4 is 0 Å². The molecule has 0 heterocycles. The lowest BCUT2D eigenvalue weighted by molar-refractivity contribution is 0.214. The van der Waals surface area contributed by atoms with E-state index in [1.807, 2.05) is 0 Å². The van der Waals surface area contributed by atoms with Crippen LogP contribution in [0, 0.1) is 17.3 Å². The van der Waals surface area contributed by atoms with Gasteiger partial charge in [0.2, 0.25) is 0 Å². The highest BCUT2D eigenvalue weighted by Gasteiger charge is 2.22. The molecule has 0 aromatic heterocycles. The third kappa shape index (κ3) is 6.98. The molecule has 0 aromatic rings. The van der Waals surface area contributed by atoms with E-state index in [0.717, 1.165) is 11.8 Å². The zero-order valence-electron chi connectivity index (χ0n) is 11.9. The highest BCUT2D eigenvalue weighted by atomic mass is 14.3. The Hall–Kier alpha value is 0. The van der Waals surface area contributed by atoms with Gasteiger partial charge in [0.05, 0.1) is 0 Å². The Balaban J connectivity index is 3.82. The maximum absolute atomic E-state index is 2.44. The van der Waals surface area contributed by atoms with Crippen LogP contribution in [0.25, 0.3) is 0 Å². The largest absolute Gasteiger partial charge is 0.0654 e. The van der Waals surface area contributed by atoms with Gasteiger partial charge in [-0.15, -0.1) is 0 Å². The molecule has 0 aliphatic heterocycles. The molecule has 0 aliphatic rings. The molecule has 0 amide bonds. The Labute approximate surface area is 97.8 Å². The Bertz CT molecular complexity index is 146. The van der Waals surface area contributed by atoms with E-state index in [2.05, 4.69) is 41.5 Å². The van der Waals surface area contributed by atoms with Gasteiger partial charge in [0.1, 0.15) is 0 Å². The molecule has 0 nitrogen and oxygen atoms in total. The van der Waals surface area contributed by atoms with Gasteiger partial charge in [-0.05, 0) is 23.7 Å². The maximum Gasteiger partial charge on any atom is -0.0354 e. The molecule has 15 heavy (non-hydrogen) atoms. The van der Waals surface area contributed by atoms with E-state index in [9.17, 15) is 0 Å². The Morgan fingerprint density at radius 2 is 1.53 bits per heavy atom. The van der Waals surface area contributed by atoms with Crippen LogP contribution in [0.1, 0.15) is 80.1 Å². The maximum atomic E-state index is 2.44.